The first-order chi connectivity index (χ1) is 13.2. The number of ketones is 1. The summed E-state index contributed by atoms with van der Waals surface area (Å²) in [5.41, 5.74) is 4.91. The Labute approximate surface area is 163 Å². The van der Waals surface area contributed by atoms with Crippen LogP contribution in [0.2, 0.25) is 0 Å². The maximum absolute atomic E-state index is 12.9. The van der Waals surface area contributed by atoms with Gasteiger partial charge in [0, 0.05) is 5.56 Å². The summed E-state index contributed by atoms with van der Waals surface area (Å²) >= 11 is 0. The van der Waals surface area contributed by atoms with Crippen LogP contribution >= 0.6 is 0 Å². The highest BCUT2D eigenvalue weighted by molar-refractivity contribution is 6.45. The summed E-state index contributed by atoms with van der Waals surface area (Å²) in [6.07, 6.45) is 0. The molecule has 2 aromatic rings. The standard InChI is InChI=1S/C22H22N2O4/c1-13-10-14(2)19(16(4)15(13)3)18(25)12-24-21(27)20(26)23(22(24)28)11-17-8-6-5-7-9-17/h5-10H,11-12H2,1-4H3. The van der Waals surface area contributed by atoms with E-state index in [-0.39, 0.29) is 12.3 Å². The molecule has 0 N–H and O–H groups in total. The SMILES string of the molecule is Cc1cc(C)c(C(=O)CN2C(=O)C(=O)N(Cc3ccccc3)C2=O)c(C)c1C. The third-order valence-electron chi connectivity index (χ3n) is 5.26. The van der Waals surface area contributed by atoms with Gasteiger partial charge in [0.05, 0.1) is 13.1 Å². The molecule has 1 heterocycles. The van der Waals surface area contributed by atoms with Crippen LogP contribution in [0.5, 0.6) is 0 Å². The summed E-state index contributed by atoms with van der Waals surface area (Å²) in [6.45, 7) is 7.13. The molecule has 1 saturated heterocycles. The Hall–Kier alpha value is -3.28. The quantitative estimate of drug-likeness (QED) is 0.455. The molecule has 0 unspecified atom stereocenters. The monoisotopic (exact) mass is 378 g/mol. The number of hydrogen-bond acceptors (Lipinski definition) is 4. The number of benzene rings is 2. The minimum atomic E-state index is -0.964. The van der Waals surface area contributed by atoms with Crippen molar-refractivity contribution in [1.82, 2.24) is 9.80 Å². The van der Waals surface area contributed by atoms with Crippen molar-refractivity contribution < 1.29 is 19.2 Å². The highest BCUT2D eigenvalue weighted by atomic mass is 16.2. The number of imide groups is 2. The average Bonchev–Trinajstić information content (AvgIpc) is 2.85. The topological polar surface area (TPSA) is 74.8 Å². The van der Waals surface area contributed by atoms with Gasteiger partial charge >= 0.3 is 17.8 Å². The van der Waals surface area contributed by atoms with E-state index in [1.54, 1.807) is 24.3 Å². The Morgan fingerprint density at radius 3 is 2.07 bits per heavy atom. The first kappa shape index (κ1) is 19.5. The zero-order chi connectivity index (χ0) is 20.6. The van der Waals surface area contributed by atoms with Crippen molar-refractivity contribution in [2.75, 3.05) is 6.54 Å². The molecule has 28 heavy (non-hydrogen) atoms. The molecule has 3 rings (SSSR count). The molecule has 0 atom stereocenters. The fourth-order valence-corrected chi connectivity index (χ4v) is 3.53. The molecule has 0 saturated carbocycles. The Balaban J connectivity index is 1.84. The molecule has 1 aliphatic rings. The lowest BCUT2D eigenvalue weighted by Crippen LogP contribution is -2.37. The first-order valence-electron chi connectivity index (χ1n) is 9.04. The van der Waals surface area contributed by atoms with Crippen molar-refractivity contribution in [1.29, 1.82) is 0 Å². The molecule has 6 heteroatoms. The van der Waals surface area contributed by atoms with Crippen LogP contribution in [0.4, 0.5) is 4.79 Å². The van der Waals surface area contributed by atoms with Crippen molar-refractivity contribution in [2.45, 2.75) is 34.2 Å². The van der Waals surface area contributed by atoms with E-state index in [0.717, 1.165) is 37.6 Å². The van der Waals surface area contributed by atoms with Crippen LogP contribution < -0.4 is 0 Å². The molecular weight excluding hydrogens is 356 g/mol. The molecule has 4 amide bonds. The lowest BCUT2D eigenvalue weighted by molar-refractivity contribution is -0.143. The van der Waals surface area contributed by atoms with Gasteiger partial charge in [0.2, 0.25) is 0 Å². The molecule has 1 aliphatic heterocycles. The highest BCUT2D eigenvalue weighted by Crippen LogP contribution is 2.23. The molecule has 0 radical (unpaired) electrons. The predicted octanol–water partition coefficient (Wildman–Crippen LogP) is 3.09. The van der Waals surface area contributed by atoms with Crippen molar-refractivity contribution in [3.8, 4) is 0 Å². The van der Waals surface area contributed by atoms with Crippen LogP contribution in [0.15, 0.2) is 36.4 Å². The van der Waals surface area contributed by atoms with Gasteiger partial charge in [0.1, 0.15) is 0 Å². The first-order valence-corrected chi connectivity index (χ1v) is 9.04. The lowest BCUT2D eigenvalue weighted by Gasteiger charge is -2.18. The molecule has 0 spiro atoms. The van der Waals surface area contributed by atoms with Crippen molar-refractivity contribution in [3.05, 3.63) is 69.8 Å². The fraction of sp³-hybridized carbons (Fsp3) is 0.273. The zero-order valence-corrected chi connectivity index (χ0v) is 16.4. The smallest absolute Gasteiger partial charge is 0.292 e. The predicted molar refractivity (Wildman–Crippen MR) is 104 cm³/mol. The van der Waals surface area contributed by atoms with Crippen LogP contribution in [0.3, 0.4) is 0 Å². The zero-order valence-electron chi connectivity index (χ0n) is 16.4. The van der Waals surface area contributed by atoms with Gasteiger partial charge in [0.15, 0.2) is 5.78 Å². The second kappa shape index (κ2) is 7.38. The fourth-order valence-electron chi connectivity index (χ4n) is 3.53. The summed E-state index contributed by atoms with van der Waals surface area (Å²) in [6, 6.07) is 10.1. The van der Waals surface area contributed by atoms with Gasteiger partial charge in [-0.3, -0.25) is 19.3 Å². The van der Waals surface area contributed by atoms with Gasteiger partial charge < -0.3 is 0 Å². The maximum Gasteiger partial charge on any atom is 0.334 e. The molecule has 6 nitrogen and oxygen atoms in total. The van der Waals surface area contributed by atoms with Gasteiger partial charge in [-0.25, -0.2) is 9.69 Å². The number of urea groups is 1. The van der Waals surface area contributed by atoms with Crippen molar-refractivity contribution in [2.24, 2.45) is 0 Å². The Kier molecular flexibility index (Phi) is 5.14. The Morgan fingerprint density at radius 1 is 0.821 bits per heavy atom. The van der Waals surface area contributed by atoms with Gasteiger partial charge in [-0.15, -0.1) is 0 Å². The van der Waals surface area contributed by atoms with Gasteiger partial charge in [-0.2, -0.15) is 0 Å². The molecule has 1 fully saturated rings. The Bertz CT molecular complexity index is 995. The molecule has 144 valence electrons. The maximum atomic E-state index is 12.9. The number of nitrogens with zero attached hydrogens (tertiary/aromatic N) is 2. The van der Waals surface area contributed by atoms with E-state index in [1.807, 2.05) is 39.8 Å². The summed E-state index contributed by atoms with van der Waals surface area (Å²) < 4.78 is 0. The van der Waals surface area contributed by atoms with E-state index in [9.17, 15) is 19.2 Å². The highest BCUT2D eigenvalue weighted by Gasteiger charge is 2.45. The van der Waals surface area contributed by atoms with Crippen molar-refractivity contribution >= 4 is 23.6 Å². The minimum Gasteiger partial charge on any atom is -0.292 e. The molecule has 0 aromatic heterocycles. The summed E-state index contributed by atoms with van der Waals surface area (Å²) in [4.78, 5) is 51.8. The van der Waals surface area contributed by atoms with Crippen LogP contribution in [-0.2, 0) is 16.1 Å². The molecule has 2 aromatic carbocycles. The van der Waals surface area contributed by atoms with E-state index in [0.29, 0.717) is 5.56 Å². The summed E-state index contributed by atoms with van der Waals surface area (Å²) in [5.74, 6) is -2.22. The number of aryl methyl sites for hydroxylation is 2. The number of hydrogen-bond donors (Lipinski definition) is 0. The number of Topliss-reactive ketones (excluding diaryl/α,β-unsaturated/α-hetero) is 1. The van der Waals surface area contributed by atoms with E-state index in [1.165, 1.54) is 0 Å². The second-order valence-electron chi connectivity index (χ2n) is 7.11. The van der Waals surface area contributed by atoms with E-state index < -0.39 is 24.4 Å². The van der Waals surface area contributed by atoms with Gasteiger partial charge in [-0.1, -0.05) is 36.4 Å². The molecule has 0 aliphatic carbocycles. The second-order valence-corrected chi connectivity index (χ2v) is 7.11. The Morgan fingerprint density at radius 2 is 1.43 bits per heavy atom. The van der Waals surface area contributed by atoms with Gasteiger partial charge in [0.25, 0.3) is 0 Å². The number of carbonyl (C=O) groups is 4. The summed E-state index contributed by atoms with van der Waals surface area (Å²) in [7, 11) is 0. The number of rotatable bonds is 5. The van der Waals surface area contributed by atoms with Crippen molar-refractivity contribution in [3.63, 3.8) is 0 Å². The van der Waals surface area contributed by atoms with Crippen LogP contribution in [-0.4, -0.2) is 40.0 Å². The van der Waals surface area contributed by atoms with Crippen LogP contribution in [0.1, 0.15) is 38.2 Å². The molecule has 0 bridgehead atoms. The number of amides is 4. The molecular formula is C22H22N2O4. The van der Waals surface area contributed by atoms with Crippen LogP contribution in [0.25, 0.3) is 0 Å². The number of carbonyl (C=O) groups excluding carboxylic acids is 4. The minimum absolute atomic E-state index is 0.00334. The third kappa shape index (κ3) is 3.33. The van der Waals surface area contributed by atoms with E-state index in [2.05, 4.69) is 0 Å². The average molecular weight is 378 g/mol. The van der Waals surface area contributed by atoms with Crippen LogP contribution in [0, 0.1) is 27.7 Å². The normalized spacial score (nSPS) is 14.2. The largest absolute Gasteiger partial charge is 0.334 e. The third-order valence-corrected chi connectivity index (χ3v) is 5.26. The van der Waals surface area contributed by atoms with Gasteiger partial charge in [-0.05, 0) is 55.5 Å². The lowest BCUT2D eigenvalue weighted by atomic mass is 9.92. The van der Waals surface area contributed by atoms with E-state index >= 15 is 0 Å². The van der Waals surface area contributed by atoms with E-state index in [4.69, 9.17) is 0 Å². The summed E-state index contributed by atoms with van der Waals surface area (Å²) in [5, 5.41) is 0.